The molecule has 2 aromatic carbocycles. The van der Waals surface area contributed by atoms with Gasteiger partial charge in [0, 0.05) is 35.9 Å². The largest absolute Gasteiger partial charge is 0.372 e. The van der Waals surface area contributed by atoms with Crippen molar-refractivity contribution in [2.24, 2.45) is 0 Å². The van der Waals surface area contributed by atoms with Crippen LogP contribution >= 0.6 is 11.8 Å². The van der Waals surface area contributed by atoms with Crippen LogP contribution in [0.3, 0.4) is 0 Å². The van der Waals surface area contributed by atoms with E-state index in [9.17, 15) is 9.59 Å². The summed E-state index contributed by atoms with van der Waals surface area (Å²) in [6, 6.07) is 15.9. The van der Waals surface area contributed by atoms with Crippen LogP contribution in [0.2, 0.25) is 0 Å². The Morgan fingerprint density at radius 1 is 1.09 bits per heavy atom. The number of para-hydroxylation sites is 1. The smallest absolute Gasteiger partial charge is 0.252 e. The van der Waals surface area contributed by atoms with E-state index in [0.29, 0.717) is 10.6 Å². The summed E-state index contributed by atoms with van der Waals surface area (Å²) in [5.74, 6) is 0.0644. The summed E-state index contributed by atoms with van der Waals surface area (Å²) in [6.07, 6.45) is 4.55. The van der Waals surface area contributed by atoms with Crippen LogP contribution in [0.4, 0.5) is 11.4 Å². The molecular formula is C26H28N4O2S. The van der Waals surface area contributed by atoms with E-state index in [0.717, 1.165) is 48.1 Å². The second kappa shape index (κ2) is 9.43. The van der Waals surface area contributed by atoms with E-state index in [4.69, 9.17) is 0 Å². The maximum absolute atomic E-state index is 12.8. The number of aryl methyl sites for hydroxylation is 1. The third-order valence-electron chi connectivity index (χ3n) is 6.16. The number of carbonyl (C=O) groups excluding carboxylic acids is 2. The van der Waals surface area contributed by atoms with E-state index >= 15 is 0 Å². The number of carbonyl (C=O) groups is 2. The Kier molecular flexibility index (Phi) is 6.22. The van der Waals surface area contributed by atoms with Crippen LogP contribution in [-0.2, 0) is 4.79 Å². The second-order valence-corrected chi connectivity index (χ2v) is 9.80. The summed E-state index contributed by atoms with van der Waals surface area (Å²) in [6.45, 7) is 4.22. The SMILES string of the molecule is Cc1cc(N2CCCC2)ccc1NC(=O)CSc1cc(C(=O)NC2CC2)c2ccccc2n1. The zero-order valence-electron chi connectivity index (χ0n) is 18.8. The van der Waals surface area contributed by atoms with Gasteiger partial charge in [-0.1, -0.05) is 30.0 Å². The van der Waals surface area contributed by atoms with E-state index in [2.05, 4.69) is 32.7 Å². The number of pyridine rings is 1. The Morgan fingerprint density at radius 3 is 2.64 bits per heavy atom. The van der Waals surface area contributed by atoms with Crippen molar-refractivity contribution in [3.63, 3.8) is 0 Å². The number of nitrogens with zero attached hydrogens (tertiary/aromatic N) is 2. The highest BCUT2D eigenvalue weighted by Gasteiger charge is 2.25. The molecule has 5 rings (SSSR count). The van der Waals surface area contributed by atoms with Crippen LogP contribution in [0.25, 0.3) is 10.9 Å². The molecule has 170 valence electrons. The Hall–Kier alpha value is -3.06. The molecule has 3 aromatic rings. The van der Waals surface area contributed by atoms with Crippen LogP contribution in [0.1, 0.15) is 41.6 Å². The van der Waals surface area contributed by atoms with Gasteiger partial charge in [-0.3, -0.25) is 9.59 Å². The molecule has 0 atom stereocenters. The molecule has 2 fully saturated rings. The summed E-state index contributed by atoms with van der Waals surface area (Å²) >= 11 is 1.35. The Balaban J connectivity index is 1.26. The molecule has 0 unspecified atom stereocenters. The summed E-state index contributed by atoms with van der Waals surface area (Å²) in [5.41, 5.74) is 4.48. The van der Waals surface area contributed by atoms with Crippen LogP contribution in [0, 0.1) is 6.92 Å². The summed E-state index contributed by atoms with van der Waals surface area (Å²) < 4.78 is 0. The molecule has 33 heavy (non-hydrogen) atoms. The van der Waals surface area contributed by atoms with Crippen molar-refractivity contribution in [2.45, 2.75) is 43.7 Å². The zero-order valence-corrected chi connectivity index (χ0v) is 19.6. The fourth-order valence-corrected chi connectivity index (χ4v) is 4.90. The number of fused-ring (bicyclic) bond motifs is 1. The highest BCUT2D eigenvalue weighted by molar-refractivity contribution is 7.99. The summed E-state index contributed by atoms with van der Waals surface area (Å²) in [4.78, 5) is 32.5. The molecule has 2 heterocycles. The first kappa shape index (κ1) is 21.8. The molecule has 2 N–H and O–H groups in total. The number of hydrogen-bond donors (Lipinski definition) is 2. The number of nitrogens with one attached hydrogen (secondary N) is 2. The van der Waals surface area contributed by atoms with Gasteiger partial charge >= 0.3 is 0 Å². The topological polar surface area (TPSA) is 74.3 Å². The second-order valence-electron chi connectivity index (χ2n) is 8.80. The minimum atomic E-state index is -0.0871. The molecule has 1 aromatic heterocycles. The quantitative estimate of drug-likeness (QED) is 0.497. The maximum Gasteiger partial charge on any atom is 0.252 e. The van der Waals surface area contributed by atoms with E-state index in [1.54, 1.807) is 6.07 Å². The van der Waals surface area contributed by atoms with Gasteiger partial charge in [-0.2, -0.15) is 0 Å². The number of benzene rings is 2. The predicted octanol–water partition coefficient (Wildman–Crippen LogP) is 4.77. The van der Waals surface area contributed by atoms with Crippen molar-refractivity contribution in [1.29, 1.82) is 0 Å². The summed E-state index contributed by atoms with van der Waals surface area (Å²) in [5, 5.41) is 7.58. The van der Waals surface area contributed by atoms with Crippen molar-refractivity contribution in [1.82, 2.24) is 10.3 Å². The van der Waals surface area contributed by atoms with Crippen LogP contribution in [0.15, 0.2) is 53.6 Å². The minimum absolute atomic E-state index is 0.0730. The third-order valence-corrected chi connectivity index (χ3v) is 7.07. The highest BCUT2D eigenvalue weighted by atomic mass is 32.2. The number of aromatic nitrogens is 1. The van der Waals surface area contributed by atoms with Gasteiger partial charge in [-0.05, 0) is 68.5 Å². The Labute approximate surface area is 198 Å². The Bertz CT molecular complexity index is 1200. The Morgan fingerprint density at radius 2 is 1.88 bits per heavy atom. The van der Waals surface area contributed by atoms with Gasteiger partial charge in [0.2, 0.25) is 5.91 Å². The molecule has 0 spiro atoms. The van der Waals surface area contributed by atoms with Crippen LogP contribution < -0.4 is 15.5 Å². The first-order chi connectivity index (χ1) is 16.1. The van der Waals surface area contributed by atoms with E-state index < -0.39 is 0 Å². The van der Waals surface area contributed by atoms with Gasteiger partial charge in [0.15, 0.2) is 0 Å². The molecule has 1 saturated carbocycles. The van der Waals surface area contributed by atoms with E-state index in [1.165, 1.54) is 30.3 Å². The zero-order chi connectivity index (χ0) is 22.8. The van der Waals surface area contributed by atoms with Gasteiger partial charge in [0.1, 0.15) is 0 Å². The molecule has 1 saturated heterocycles. The fraction of sp³-hybridized carbons (Fsp3) is 0.346. The lowest BCUT2D eigenvalue weighted by Gasteiger charge is -2.19. The molecule has 6 nitrogen and oxygen atoms in total. The van der Waals surface area contributed by atoms with Crippen molar-refractivity contribution < 1.29 is 9.59 Å². The average Bonchev–Trinajstić information content (AvgIpc) is 3.46. The first-order valence-electron chi connectivity index (χ1n) is 11.6. The monoisotopic (exact) mass is 460 g/mol. The number of hydrogen-bond acceptors (Lipinski definition) is 5. The standard InChI is InChI=1S/C26H28N4O2S/c1-17-14-19(30-12-4-5-13-30)10-11-22(17)28-24(31)16-33-25-15-21(26(32)27-18-8-9-18)20-6-2-3-7-23(20)29-25/h2-3,6-7,10-11,14-15,18H,4-5,8-9,12-13,16H2,1H3,(H,27,32)(H,28,31). The number of thioether (sulfide) groups is 1. The minimum Gasteiger partial charge on any atom is -0.372 e. The molecular weight excluding hydrogens is 432 g/mol. The summed E-state index contributed by atoms with van der Waals surface area (Å²) in [7, 11) is 0. The maximum atomic E-state index is 12.8. The van der Waals surface area contributed by atoms with Crippen molar-refractivity contribution in [3.05, 3.63) is 59.7 Å². The lowest BCUT2D eigenvalue weighted by molar-refractivity contribution is -0.113. The van der Waals surface area contributed by atoms with Crippen molar-refractivity contribution in [2.75, 3.05) is 29.1 Å². The lowest BCUT2D eigenvalue weighted by atomic mass is 10.1. The van der Waals surface area contributed by atoms with Crippen LogP contribution in [0.5, 0.6) is 0 Å². The van der Waals surface area contributed by atoms with Gasteiger partial charge < -0.3 is 15.5 Å². The van der Waals surface area contributed by atoms with Gasteiger partial charge in [-0.15, -0.1) is 0 Å². The number of rotatable bonds is 7. The average molecular weight is 461 g/mol. The fourth-order valence-electron chi connectivity index (χ4n) is 4.19. The molecule has 1 aliphatic heterocycles. The highest BCUT2D eigenvalue weighted by Crippen LogP contribution is 2.28. The van der Waals surface area contributed by atoms with E-state index in [1.807, 2.05) is 37.3 Å². The van der Waals surface area contributed by atoms with Gasteiger partial charge in [0.25, 0.3) is 5.91 Å². The molecule has 2 amide bonds. The molecule has 0 radical (unpaired) electrons. The first-order valence-corrected chi connectivity index (χ1v) is 12.5. The molecule has 2 aliphatic rings. The van der Waals surface area contributed by atoms with Gasteiger partial charge in [0.05, 0.1) is 21.9 Å². The molecule has 1 aliphatic carbocycles. The predicted molar refractivity (Wildman–Crippen MR) is 134 cm³/mol. The molecule has 0 bridgehead atoms. The third kappa shape index (κ3) is 5.14. The van der Waals surface area contributed by atoms with Crippen molar-refractivity contribution >= 4 is 45.9 Å². The van der Waals surface area contributed by atoms with Crippen LogP contribution in [-0.4, -0.2) is 41.7 Å². The number of anilines is 2. The van der Waals surface area contributed by atoms with Gasteiger partial charge in [-0.25, -0.2) is 4.98 Å². The van der Waals surface area contributed by atoms with Crippen molar-refractivity contribution in [3.8, 4) is 0 Å². The number of amides is 2. The normalized spacial score (nSPS) is 15.6. The van der Waals surface area contributed by atoms with E-state index in [-0.39, 0.29) is 23.6 Å². The lowest BCUT2D eigenvalue weighted by Crippen LogP contribution is -2.25. The molecule has 7 heteroatoms.